The molecule has 12 heavy (non-hydrogen) atoms. The zero-order valence-corrected chi connectivity index (χ0v) is 9.61. The Balaban J connectivity index is 3.68. The zero-order valence-electron chi connectivity index (χ0n) is 8.71. The molecular weight excluding hydrogens is 166 g/mol. The number of nitrogens with zero attached hydrogens (tertiary/aromatic N) is 1. The molecule has 0 amide bonds. The van der Waals surface area contributed by atoms with Crippen LogP contribution < -0.4 is 0 Å². The van der Waals surface area contributed by atoms with E-state index < -0.39 is 0 Å². The van der Waals surface area contributed by atoms with Crippen molar-refractivity contribution in [2.75, 3.05) is 18.8 Å². The van der Waals surface area contributed by atoms with Crippen molar-refractivity contribution in [2.24, 2.45) is 0 Å². The molecule has 0 aliphatic carbocycles. The molecule has 0 fully saturated rings. The normalized spacial score (nSPS) is 13.8. The molecule has 0 aliphatic rings. The molecule has 0 bridgehead atoms. The van der Waals surface area contributed by atoms with Crippen LogP contribution in [0, 0.1) is 0 Å². The van der Waals surface area contributed by atoms with Crippen molar-refractivity contribution >= 4 is 12.6 Å². The fourth-order valence-electron chi connectivity index (χ4n) is 1.30. The van der Waals surface area contributed by atoms with Crippen LogP contribution in [-0.4, -0.2) is 29.8 Å². The maximum Gasteiger partial charge on any atom is 0.00726 e. The molecule has 0 aromatic carbocycles. The molecule has 0 saturated carbocycles. The molecule has 0 aromatic heterocycles. The average molecular weight is 189 g/mol. The van der Waals surface area contributed by atoms with Gasteiger partial charge in [-0.1, -0.05) is 20.3 Å². The summed E-state index contributed by atoms with van der Waals surface area (Å²) < 4.78 is 0. The lowest BCUT2D eigenvalue weighted by molar-refractivity contribution is 0.214. The summed E-state index contributed by atoms with van der Waals surface area (Å²) in [5, 5.41) is 0. The van der Waals surface area contributed by atoms with E-state index in [1.165, 1.54) is 25.8 Å². The summed E-state index contributed by atoms with van der Waals surface area (Å²) in [7, 11) is 0. The Morgan fingerprint density at radius 2 is 1.92 bits per heavy atom. The monoisotopic (exact) mass is 189 g/mol. The summed E-state index contributed by atoms with van der Waals surface area (Å²) in [6, 6.07) is 0.726. The van der Waals surface area contributed by atoms with Crippen LogP contribution >= 0.6 is 12.6 Å². The van der Waals surface area contributed by atoms with E-state index in [9.17, 15) is 0 Å². The van der Waals surface area contributed by atoms with Crippen LogP contribution in [0.2, 0.25) is 0 Å². The molecule has 0 aromatic rings. The van der Waals surface area contributed by atoms with Crippen LogP contribution in [0.5, 0.6) is 0 Å². The van der Waals surface area contributed by atoms with Gasteiger partial charge in [0.15, 0.2) is 0 Å². The second-order valence-corrected chi connectivity index (χ2v) is 3.82. The summed E-state index contributed by atoms with van der Waals surface area (Å²) in [6.07, 6.45) is 3.86. The van der Waals surface area contributed by atoms with E-state index in [1.54, 1.807) is 0 Å². The Morgan fingerprint density at radius 3 is 2.33 bits per heavy atom. The molecule has 0 heterocycles. The van der Waals surface area contributed by atoms with Gasteiger partial charge in [-0.15, -0.1) is 0 Å². The Kier molecular flexibility index (Phi) is 8.14. The Morgan fingerprint density at radius 1 is 1.25 bits per heavy atom. The number of hydrogen-bond donors (Lipinski definition) is 1. The zero-order chi connectivity index (χ0) is 9.40. The summed E-state index contributed by atoms with van der Waals surface area (Å²) in [4.78, 5) is 2.54. The SMILES string of the molecule is CCCCN(CCS)C(C)CC. The minimum absolute atomic E-state index is 0.726. The molecule has 0 N–H and O–H groups in total. The third-order valence-corrected chi connectivity index (χ3v) is 2.60. The lowest BCUT2D eigenvalue weighted by Gasteiger charge is -2.27. The summed E-state index contributed by atoms with van der Waals surface area (Å²) >= 11 is 4.27. The van der Waals surface area contributed by atoms with Crippen molar-refractivity contribution < 1.29 is 0 Å². The largest absolute Gasteiger partial charge is 0.300 e. The van der Waals surface area contributed by atoms with Gasteiger partial charge in [-0.2, -0.15) is 12.6 Å². The molecule has 0 saturated heterocycles. The maximum atomic E-state index is 4.27. The van der Waals surface area contributed by atoms with Gasteiger partial charge in [0.2, 0.25) is 0 Å². The van der Waals surface area contributed by atoms with E-state index in [0.717, 1.165) is 18.3 Å². The third kappa shape index (κ3) is 5.04. The van der Waals surface area contributed by atoms with Gasteiger partial charge < -0.3 is 0 Å². The van der Waals surface area contributed by atoms with E-state index in [2.05, 4.69) is 38.3 Å². The van der Waals surface area contributed by atoms with Crippen LogP contribution in [-0.2, 0) is 0 Å². The lowest BCUT2D eigenvalue weighted by atomic mass is 10.2. The van der Waals surface area contributed by atoms with Crippen molar-refractivity contribution in [1.82, 2.24) is 4.90 Å². The van der Waals surface area contributed by atoms with Crippen molar-refractivity contribution in [2.45, 2.75) is 46.1 Å². The van der Waals surface area contributed by atoms with Gasteiger partial charge in [-0.3, -0.25) is 4.90 Å². The summed E-state index contributed by atoms with van der Waals surface area (Å²) in [5.41, 5.74) is 0. The third-order valence-electron chi connectivity index (χ3n) is 2.40. The van der Waals surface area contributed by atoms with Crippen molar-refractivity contribution in [1.29, 1.82) is 0 Å². The van der Waals surface area contributed by atoms with Crippen LogP contribution in [0.3, 0.4) is 0 Å². The Hall–Kier alpha value is 0.310. The van der Waals surface area contributed by atoms with Gasteiger partial charge in [-0.05, 0) is 26.3 Å². The van der Waals surface area contributed by atoms with Crippen LogP contribution in [0.4, 0.5) is 0 Å². The van der Waals surface area contributed by atoms with Gasteiger partial charge in [0, 0.05) is 18.3 Å². The molecule has 1 nitrogen and oxygen atoms in total. The van der Waals surface area contributed by atoms with Gasteiger partial charge >= 0.3 is 0 Å². The first kappa shape index (κ1) is 12.3. The summed E-state index contributed by atoms with van der Waals surface area (Å²) in [5.74, 6) is 0.980. The first-order valence-electron chi connectivity index (χ1n) is 5.11. The fraction of sp³-hybridized carbons (Fsp3) is 1.00. The minimum atomic E-state index is 0.726. The number of thiol groups is 1. The van der Waals surface area contributed by atoms with E-state index in [4.69, 9.17) is 0 Å². The highest BCUT2D eigenvalue weighted by atomic mass is 32.1. The first-order valence-corrected chi connectivity index (χ1v) is 5.74. The van der Waals surface area contributed by atoms with Crippen LogP contribution in [0.25, 0.3) is 0 Å². The second-order valence-electron chi connectivity index (χ2n) is 3.37. The lowest BCUT2D eigenvalue weighted by Crippen LogP contribution is -2.35. The number of unbranched alkanes of at least 4 members (excludes halogenated alkanes) is 1. The predicted molar refractivity (Wildman–Crippen MR) is 60.1 cm³/mol. The molecule has 0 aliphatic heterocycles. The quantitative estimate of drug-likeness (QED) is 0.603. The molecule has 1 atom stereocenters. The van der Waals surface area contributed by atoms with E-state index >= 15 is 0 Å². The highest BCUT2D eigenvalue weighted by molar-refractivity contribution is 7.80. The van der Waals surface area contributed by atoms with Gasteiger partial charge in [0.05, 0.1) is 0 Å². The van der Waals surface area contributed by atoms with Crippen molar-refractivity contribution in [3.8, 4) is 0 Å². The van der Waals surface area contributed by atoms with Gasteiger partial charge in [0.1, 0.15) is 0 Å². The predicted octanol–water partition coefficient (Wildman–Crippen LogP) is 2.82. The average Bonchev–Trinajstić information content (AvgIpc) is 2.11. The first-order chi connectivity index (χ1) is 5.76. The van der Waals surface area contributed by atoms with Gasteiger partial charge in [-0.25, -0.2) is 0 Å². The highest BCUT2D eigenvalue weighted by Crippen LogP contribution is 2.05. The molecule has 1 unspecified atom stereocenters. The fourth-order valence-corrected chi connectivity index (χ4v) is 1.56. The standard InChI is InChI=1S/C10H23NS/c1-4-6-7-11(8-9-12)10(3)5-2/h10,12H,4-9H2,1-3H3. The number of hydrogen-bond acceptors (Lipinski definition) is 2. The van der Waals surface area contributed by atoms with E-state index in [1.807, 2.05) is 0 Å². The van der Waals surface area contributed by atoms with Crippen LogP contribution in [0.15, 0.2) is 0 Å². The van der Waals surface area contributed by atoms with Crippen molar-refractivity contribution in [3.05, 3.63) is 0 Å². The number of rotatable bonds is 7. The van der Waals surface area contributed by atoms with E-state index in [0.29, 0.717) is 0 Å². The maximum absolute atomic E-state index is 4.27. The van der Waals surface area contributed by atoms with Gasteiger partial charge in [0.25, 0.3) is 0 Å². The molecular formula is C10H23NS. The minimum Gasteiger partial charge on any atom is -0.300 e. The Bertz CT molecular complexity index is 95.8. The van der Waals surface area contributed by atoms with E-state index in [-0.39, 0.29) is 0 Å². The molecule has 74 valence electrons. The Labute approximate surface area is 82.9 Å². The summed E-state index contributed by atoms with van der Waals surface area (Å²) in [6.45, 7) is 9.18. The van der Waals surface area contributed by atoms with Crippen LogP contribution in [0.1, 0.15) is 40.0 Å². The second kappa shape index (κ2) is 7.93. The molecule has 0 radical (unpaired) electrons. The topological polar surface area (TPSA) is 3.24 Å². The molecule has 0 spiro atoms. The smallest absolute Gasteiger partial charge is 0.00726 e. The highest BCUT2D eigenvalue weighted by Gasteiger charge is 2.09. The molecule has 2 heteroatoms. The van der Waals surface area contributed by atoms with Crippen molar-refractivity contribution in [3.63, 3.8) is 0 Å². The molecule has 0 rings (SSSR count).